The van der Waals surface area contributed by atoms with Crippen molar-refractivity contribution in [3.63, 3.8) is 0 Å². The maximum atomic E-state index is 12.6. The summed E-state index contributed by atoms with van der Waals surface area (Å²) in [5.74, 6) is 2.43. The SMILES string of the molecule is CC[NH+](CC)Cc1ccccc1CNC(=O)c1ccc(C2SCCS2)cc1. The number of thioether (sulfide) groups is 2. The molecule has 0 spiro atoms. The van der Waals surface area contributed by atoms with Crippen LogP contribution < -0.4 is 10.2 Å². The van der Waals surface area contributed by atoms with Crippen molar-refractivity contribution in [3.05, 3.63) is 70.8 Å². The van der Waals surface area contributed by atoms with Crippen LogP contribution in [-0.4, -0.2) is 30.5 Å². The molecule has 0 saturated carbocycles. The smallest absolute Gasteiger partial charge is 0.251 e. The lowest BCUT2D eigenvalue weighted by atomic mass is 10.1. The van der Waals surface area contributed by atoms with Crippen molar-refractivity contribution in [2.45, 2.75) is 31.5 Å². The molecule has 2 N–H and O–H groups in total. The van der Waals surface area contributed by atoms with Crippen LogP contribution in [-0.2, 0) is 13.1 Å². The van der Waals surface area contributed by atoms with Gasteiger partial charge in [-0.05, 0) is 37.1 Å². The number of hydrogen-bond donors (Lipinski definition) is 2. The Labute approximate surface area is 171 Å². The van der Waals surface area contributed by atoms with Gasteiger partial charge in [-0.15, -0.1) is 23.5 Å². The molecule has 1 heterocycles. The maximum absolute atomic E-state index is 12.6. The fourth-order valence-electron chi connectivity index (χ4n) is 3.29. The molecular formula is C22H29N2OS2+. The lowest BCUT2D eigenvalue weighted by Crippen LogP contribution is -3.10. The summed E-state index contributed by atoms with van der Waals surface area (Å²) in [5, 5.41) is 3.10. The van der Waals surface area contributed by atoms with Crippen LogP contribution in [0, 0.1) is 0 Å². The standard InChI is InChI=1S/C22H28N2OS2/c1-3-24(4-2)16-20-8-6-5-7-19(20)15-23-21(25)17-9-11-18(12-10-17)22-26-13-14-27-22/h5-12,22H,3-4,13-16H2,1-2H3,(H,23,25)/p+1. The van der Waals surface area contributed by atoms with Crippen molar-refractivity contribution in [2.24, 2.45) is 0 Å². The van der Waals surface area contributed by atoms with Gasteiger partial charge in [-0.3, -0.25) is 4.79 Å². The first-order chi connectivity index (χ1) is 13.2. The molecule has 144 valence electrons. The Kier molecular flexibility index (Phi) is 7.68. The highest BCUT2D eigenvalue weighted by molar-refractivity contribution is 8.19. The fourth-order valence-corrected chi connectivity index (χ4v) is 6.15. The third-order valence-corrected chi connectivity index (χ3v) is 8.17. The number of carbonyl (C=O) groups excluding carboxylic acids is 1. The minimum Gasteiger partial charge on any atom is -0.348 e. The highest BCUT2D eigenvalue weighted by Gasteiger charge is 2.18. The topological polar surface area (TPSA) is 33.5 Å². The van der Waals surface area contributed by atoms with Gasteiger partial charge in [0.2, 0.25) is 0 Å². The molecule has 2 aromatic carbocycles. The van der Waals surface area contributed by atoms with Crippen molar-refractivity contribution in [1.29, 1.82) is 0 Å². The third kappa shape index (κ3) is 5.53. The van der Waals surface area contributed by atoms with Crippen LogP contribution in [0.5, 0.6) is 0 Å². The van der Waals surface area contributed by atoms with Crippen molar-refractivity contribution < 1.29 is 9.69 Å². The highest BCUT2D eigenvalue weighted by Crippen LogP contribution is 2.45. The van der Waals surface area contributed by atoms with E-state index in [-0.39, 0.29) is 5.91 Å². The van der Waals surface area contributed by atoms with Gasteiger partial charge in [0.25, 0.3) is 5.91 Å². The van der Waals surface area contributed by atoms with Crippen molar-refractivity contribution >= 4 is 29.4 Å². The van der Waals surface area contributed by atoms with Crippen molar-refractivity contribution in [1.82, 2.24) is 5.32 Å². The average Bonchev–Trinajstić information content (AvgIpc) is 3.26. The van der Waals surface area contributed by atoms with E-state index in [0.29, 0.717) is 11.1 Å². The molecule has 5 heteroatoms. The summed E-state index contributed by atoms with van der Waals surface area (Å²) in [6.45, 7) is 8.24. The Morgan fingerprint density at radius 3 is 2.26 bits per heavy atom. The molecule has 27 heavy (non-hydrogen) atoms. The number of amides is 1. The molecule has 3 nitrogen and oxygen atoms in total. The third-order valence-electron chi connectivity index (χ3n) is 5.07. The fraction of sp³-hybridized carbons (Fsp3) is 0.409. The second kappa shape index (κ2) is 10.2. The van der Waals surface area contributed by atoms with E-state index >= 15 is 0 Å². The summed E-state index contributed by atoms with van der Waals surface area (Å²) in [7, 11) is 0. The molecule has 0 bridgehead atoms. The Balaban J connectivity index is 1.60. The average molecular weight is 402 g/mol. The zero-order chi connectivity index (χ0) is 19.1. The first-order valence-electron chi connectivity index (χ1n) is 9.73. The van der Waals surface area contributed by atoms with Crippen LogP contribution in [0.2, 0.25) is 0 Å². The predicted octanol–water partition coefficient (Wildman–Crippen LogP) is 3.52. The van der Waals surface area contributed by atoms with E-state index < -0.39 is 0 Å². The van der Waals surface area contributed by atoms with Gasteiger partial charge in [0.15, 0.2) is 0 Å². The van der Waals surface area contributed by atoms with Gasteiger partial charge >= 0.3 is 0 Å². The van der Waals surface area contributed by atoms with Gasteiger partial charge in [0, 0.05) is 29.2 Å². The summed E-state index contributed by atoms with van der Waals surface area (Å²) in [4.78, 5) is 14.1. The monoisotopic (exact) mass is 401 g/mol. The number of carbonyl (C=O) groups is 1. The van der Waals surface area contributed by atoms with E-state index in [1.165, 1.54) is 28.2 Å². The second-order valence-electron chi connectivity index (χ2n) is 6.78. The molecule has 1 amide bonds. The Bertz CT molecular complexity index is 738. The van der Waals surface area contributed by atoms with Gasteiger partial charge in [0.05, 0.1) is 17.7 Å². The van der Waals surface area contributed by atoms with Gasteiger partial charge in [0.1, 0.15) is 6.54 Å². The quantitative estimate of drug-likeness (QED) is 0.710. The van der Waals surface area contributed by atoms with Gasteiger partial charge in [-0.25, -0.2) is 0 Å². The van der Waals surface area contributed by atoms with E-state index in [4.69, 9.17) is 0 Å². The number of rotatable bonds is 8. The maximum Gasteiger partial charge on any atom is 0.251 e. The molecular weight excluding hydrogens is 372 g/mol. The minimum atomic E-state index is -0.00160. The zero-order valence-corrected chi connectivity index (χ0v) is 17.8. The number of quaternary nitrogens is 1. The van der Waals surface area contributed by atoms with Crippen LogP contribution in [0.4, 0.5) is 0 Å². The van der Waals surface area contributed by atoms with Crippen LogP contribution in [0.3, 0.4) is 0 Å². The highest BCUT2D eigenvalue weighted by atomic mass is 32.2. The lowest BCUT2D eigenvalue weighted by molar-refractivity contribution is -0.910. The molecule has 1 aliphatic heterocycles. The molecule has 1 fully saturated rings. The summed E-state index contributed by atoms with van der Waals surface area (Å²) in [6.07, 6.45) is 0. The number of nitrogens with one attached hydrogen (secondary N) is 2. The van der Waals surface area contributed by atoms with E-state index in [2.05, 4.69) is 49.5 Å². The summed E-state index contributed by atoms with van der Waals surface area (Å²) >= 11 is 3.98. The Morgan fingerprint density at radius 2 is 1.63 bits per heavy atom. The van der Waals surface area contributed by atoms with Crippen LogP contribution in [0.15, 0.2) is 48.5 Å². The number of benzene rings is 2. The Hall–Kier alpha value is -1.43. The second-order valence-corrected chi connectivity index (χ2v) is 9.51. The minimum absolute atomic E-state index is 0.00160. The van der Waals surface area contributed by atoms with E-state index in [1.807, 2.05) is 41.7 Å². The molecule has 0 atom stereocenters. The zero-order valence-electron chi connectivity index (χ0n) is 16.2. The molecule has 0 radical (unpaired) electrons. The molecule has 1 aliphatic rings. The largest absolute Gasteiger partial charge is 0.348 e. The van der Waals surface area contributed by atoms with Crippen molar-refractivity contribution in [3.8, 4) is 0 Å². The lowest BCUT2D eigenvalue weighted by Gasteiger charge is -2.18. The molecule has 0 aromatic heterocycles. The normalized spacial score (nSPS) is 14.6. The number of hydrogen-bond acceptors (Lipinski definition) is 3. The molecule has 1 saturated heterocycles. The summed E-state index contributed by atoms with van der Waals surface area (Å²) in [6, 6.07) is 16.5. The van der Waals surface area contributed by atoms with Crippen molar-refractivity contribution in [2.75, 3.05) is 24.6 Å². The van der Waals surface area contributed by atoms with Crippen LogP contribution in [0.25, 0.3) is 0 Å². The van der Waals surface area contributed by atoms with Crippen LogP contribution in [0.1, 0.15) is 45.5 Å². The first-order valence-corrected chi connectivity index (χ1v) is 11.8. The molecule has 0 aliphatic carbocycles. The molecule has 0 unspecified atom stereocenters. The summed E-state index contributed by atoms with van der Waals surface area (Å²) < 4.78 is 0.525. The molecule has 2 aromatic rings. The Morgan fingerprint density at radius 1 is 1.00 bits per heavy atom. The predicted molar refractivity (Wildman–Crippen MR) is 117 cm³/mol. The van der Waals surface area contributed by atoms with E-state index in [1.54, 1.807) is 4.90 Å². The van der Waals surface area contributed by atoms with E-state index in [9.17, 15) is 4.79 Å². The first kappa shape index (κ1) is 20.3. The van der Waals surface area contributed by atoms with Crippen LogP contribution >= 0.6 is 23.5 Å². The van der Waals surface area contributed by atoms with Gasteiger partial charge < -0.3 is 10.2 Å². The van der Waals surface area contributed by atoms with Gasteiger partial charge in [-0.1, -0.05) is 36.4 Å². The van der Waals surface area contributed by atoms with Gasteiger partial charge in [-0.2, -0.15) is 0 Å². The summed E-state index contributed by atoms with van der Waals surface area (Å²) in [5.41, 5.74) is 4.58. The van der Waals surface area contributed by atoms with E-state index in [0.717, 1.165) is 25.2 Å². The molecule has 3 rings (SSSR count).